The van der Waals surface area contributed by atoms with Crippen molar-refractivity contribution in [3.63, 3.8) is 0 Å². The second-order valence-corrected chi connectivity index (χ2v) is 8.25. The maximum atomic E-state index is 13.2. The Morgan fingerprint density at radius 2 is 1.91 bits per heavy atom. The van der Waals surface area contributed by atoms with Gasteiger partial charge in [0.25, 0.3) is 5.91 Å². The molecule has 0 spiro atoms. The molecular weight excluding hydrogens is 461 g/mol. The van der Waals surface area contributed by atoms with Gasteiger partial charge in [0.05, 0.1) is 30.4 Å². The molecule has 184 valence electrons. The molecule has 0 bridgehead atoms. The lowest BCUT2D eigenvalue weighted by atomic mass is 9.95. The number of carbonyl (C=O) groups is 1. The number of rotatable bonds is 7. The van der Waals surface area contributed by atoms with Crippen LogP contribution in [0.3, 0.4) is 0 Å². The summed E-state index contributed by atoms with van der Waals surface area (Å²) in [6, 6.07) is 10.3. The zero-order valence-corrected chi connectivity index (χ0v) is 19.0. The number of hydrogen-bond acceptors (Lipinski definition) is 6. The second-order valence-electron chi connectivity index (χ2n) is 8.25. The third kappa shape index (κ3) is 5.95. The van der Waals surface area contributed by atoms with Gasteiger partial charge >= 0.3 is 12.2 Å². The lowest BCUT2D eigenvalue weighted by Crippen LogP contribution is -2.27. The first-order valence-electron chi connectivity index (χ1n) is 11.1. The molecule has 4 rings (SSSR count). The third-order valence-corrected chi connectivity index (χ3v) is 5.78. The van der Waals surface area contributed by atoms with Crippen molar-refractivity contribution < 1.29 is 27.4 Å². The Bertz CT molecular complexity index is 1160. The van der Waals surface area contributed by atoms with Crippen molar-refractivity contribution in [3.8, 4) is 17.1 Å². The Labute approximate surface area is 200 Å². The minimum atomic E-state index is -4.44. The molecule has 1 aliphatic rings. The van der Waals surface area contributed by atoms with Crippen LogP contribution in [0, 0.1) is 0 Å². The summed E-state index contributed by atoms with van der Waals surface area (Å²) < 4.78 is 50.4. The van der Waals surface area contributed by atoms with E-state index in [0.717, 1.165) is 24.1 Å². The average Bonchev–Trinajstić information content (AvgIpc) is 3.36. The van der Waals surface area contributed by atoms with E-state index in [-0.39, 0.29) is 36.2 Å². The van der Waals surface area contributed by atoms with Crippen molar-refractivity contribution in [1.82, 2.24) is 15.3 Å². The summed E-state index contributed by atoms with van der Waals surface area (Å²) in [6.07, 6.45) is -0.978. The quantitative estimate of drug-likeness (QED) is 0.517. The van der Waals surface area contributed by atoms with E-state index in [1.807, 2.05) is 0 Å². The van der Waals surface area contributed by atoms with Crippen LogP contribution < -0.4 is 15.8 Å². The van der Waals surface area contributed by atoms with Gasteiger partial charge in [-0.2, -0.15) is 13.2 Å². The van der Waals surface area contributed by atoms with Gasteiger partial charge in [-0.05, 0) is 41.3 Å². The predicted molar refractivity (Wildman–Crippen MR) is 123 cm³/mol. The molecule has 2 heterocycles. The molecule has 0 aliphatic carbocycles. The fourth-order valence-corrected chi connectivity index (χ4v) is 3.76. The molecule has 1 fully saturated rings. The summed E-state index contributed by atoms with van der Waals surface area (Å²) in [7, 11) is 0. The SMILES string of the molecule is C[C@@H](NC(=O)c1cnc(O[C@H]2CCOC2)nc1)c1ccc(-c2cc(C(F)(F)F)ccc2CN)cc1. The number of nitrogens with one attached hydrogen (secondary N) is 1. The van der Waals surface area contributed by atoms with Crippen molar-refractivity contribution in [2.24, 2.45) is 5.73 Å². The number of aromatic nitrogens is 2. The van der Waals surface area contributed by atoms with E-state index in [4.69, 9.17) is 15.2 Å². The Hall–Kier alpha value is -3.50. The number of nitrogens with two attached hydrogens (primary N) is 1. The molecule has 0 unspecified atom stereocenters. The minimum absolute atomic E-state index is 0.0884. The van der Waals surface area contributed by atoms with Crippen molar-refractivity contribution in [1.29, 1.82) is 0 Å². The van der Waals surface area contributed by atoms with E-state index in [9.17, 15) is 18.0 Å². The fraction of sp³-hybridized carbons (Fsp3) is 0.320. The molecule has 2 atom stereocenters. The van der Waals surface area contributed by atoms with Gasteiger partial charge in [-0.25, -0.2) is 9.97 Å². The number of amides is 1. The Balaban J connectivity index is 1.43. The molecule has 1 aromatic heterocycles. The predicted octanol–water partition coefficient (Wildman–Crippen LogP) is 4.28. The summed E-state index contributed by atoms with van der Waals surface area (Å²) in [5, 5.41) is 2.87. The minimum Gasteiger partial charge on any atom is -0.458 e. The van der Waals surface area contributed by atoms with Crippen LogP contribution in [0.1, 0.15) is 46.4 Å². The molecule has 1 aliphatic heterocycles. The van der Waals surface area contributed by atoms with E-state index in [0.29, 0.717) is 29.9 Å². The van der Waals surface area contributed by atoms with Crippen LogP contribution in [-0.4, -0.2) is 35.2 Å². The van der Waals surface area contributed by atoms with Crippen LogP contribution in [0.4, 0.5) is 13.2 Å². The lowest BCUT2D eigenvalue weighted by molar-refractivity contribution is -0.137. The fourth-order valence-electron chi connectivity index (χ4n) is 3.76. The second kappa shape index (κ2) is 10.4. The number of ether oxygens (including phenoxy) is 2. The van der Waals surface area contributed by atoms with Crippen molar-refractivity contribution in [3.05, 3.63) is 77.1 Å². The number of carbonyl (C=O) groups excluding carboxylic acids is 1. The van der Waals surface area contributed by atoms with E-state index < -0.39 is 11.7 Å². The zero-order valence-electron chi connectivity index (χ0n) is 19.0. The largest absolute Gasteiger partial charge is 0.458 e. The monoisotopic (exact) mass is 486 g/mol. The van der Waals surface area contributed by atoms with Crippen LogP contribution in [0.15, 0.2) is 54.9 Å². The summed E-state index contributed by atoms with van der Waals surface area (Å²) in [4.78, 5) is 20.8. The Morgan fingerprint density at radius 1 is 1.20 bits per heavy atom. The number of hydrogen-bond donors (Lipinski definition) is 2. The van der Waals surface area contributed by atoms with Gasteiger partial charge in [0.1, 0.15) is 6.10 Å². The van der Waals surface area contributed by atoms with Gasteiger partial charge in [0.2, 0.25) is 0 Å². The van der Waals surface area contributed by atoms with Gasteiger partial charge in [-0.3, -0.25) is 4.79 Å². The standard InChI is InChI=1S/C25H25F3N4O3/c1-15(32-23(33)19-12-30-24(31-13-19)35-21-8-9-34-14-21)16-2-4-17(5-3-16)22-10-20(25(26,27)28)7-6-18(22)11-29/h2-7,10,12-13,15,21H,8-9,11,14,29H2,1H3,(H,32,33)/t15-,21+/m1/s1. The highest BCUT2D eigenvalue weighted by Crippen LogP contribution is 2.34. The highest BCUT2D eigenvalue weighted by molar-refractivity contribution is 5.93. The molecule has 35 heavy (non-hydrogen) atoms. The van der Waals surface area contributed by atoms with Crippen LogP contribution in [0.25, 0.3) is 11.1 Å². The topological polar surface area (TPSA) is 99.4 Å². The Kier molecular flexibility index (Phi) is 7.32. The molecule has 7 nitrogen and oxygen atoms in total. The maximum Gasteiger partial charge on any atom is 0.416 e. The summed E-state index contributed by atoms with van der Waals surface area (Å²) in [5.41, 5.74) is 7.70. The first-order valence-corrected chi connectivity index (χ1v) is 11.1. The summed E-state index contributed by atoms with van der Waals surface area (Å²) in [6.45, 7) is 3.05. The first-order chi connectivity index (χ1) is 16.7. The number of benzene rings is 2. The normalized spacial score (nSPS) is 16.7. The van der Waals surface area contributed by atoms with Crippen molar-refractivity contribution in [2.75, 3.05) is 13.2 Å². The number of alkyl halides is 3. The highest BCUT2D eigenvalue weighted by atomic mass is 19.4. The molecular formula is C25H25F3N4O3. The van der Waals surface area contributed by atoms with Crippen LogP contribution in [0.2, 0.25) is 0 Å². The van der Waals surface area contributed by atoms with Gasteiger partial charge < -0.3 is 20.5 Å². The van der Waals surface area contributed by atoms with Crippen molar-refractivity contribution >= 4 is 5.91 Å². The first kappa shape index (κ1) is 24.6. The molecule has 2 aromatic carbocycles. The number of nitrogens with zero attached hydrogens (tertiary/aromatic N) is 2. The van der Waals surface area contributed by atoms with E-state index in [1.165, 1.54) is 18.5 Å². The lowest BCUT2D eigenvalue weighted by Gasteiger charge is -2.16. The average molecular weight is 486 g/mol. The van der Waals surface area contributed by atoms with E-state index in [1.54, 1.807) is 31.2 Å². The van der Waals surface area contributed by atoms with Crippen LogP contribution in [-0.2, 0) is 17.5 Å². The van der Waals surface area contributed by atoms with Crippen LogP contribution >= 0.6 is 0 Å². The van der Waals surface area contributed by atoms with Gasteiger partial charge in [-0.15, -0.1) is 0 Å². The highest BCUT2D eigenvalue weighted by Gasteiger charge is 2.31. The van der Waals surface area contributed by atoms with E-state index in [2.05, 4.69) is 15.3 Å². The molecule has 0 saturated carbocycles. The number of halogens is 3. The molecule has 0 radical (unpaired) electrons. The van der Waals surface area contributed by atoms with Crippen molar-refractivity contribution in [2.45, 2.75) is 38.2 Å². The third-order valence-electron chi connectivity index (χ3n) is 5.78. The van der Waals surface area contributed by atoms with E-state index >= 15 is 0 Å². The molecule has 10 heteroatoms. The van der Waals surface area contributed by atoms with Crippen LogP contribution in [0.5, 0.6) is 6.01 Å². The van der Waals surface area contributed by atoms with Gasteiger partial charge in [0, 0.05) is 25.4 Å². The molecule has 3 aromatic rings. The zero-order chi connectivity index (χ0) is 25.0. The maximum absolute atomic E-state index is 13.2. The smallest absolute Gasteiger partial charge is 0.416 e. The molecule has 1 amide bonds. The van der Waals surface area contributed by atoms with Gasteiger partial charge in [0.15, 0.2) is 0 Å². The Morgan fingerprint density at radius 3 is 2.51 bits per heavy atom. The molecule has 3 N–H and O–H groups in total. The summed E-state index contributed by atoms with van der Waals surface area (Å²) >= 11 is 0. The molecule has 1 saturated heterocycles. The summed E-state index contributed by atoms with van der Waals surface area (Å²) in [5.74, 6) is -0.361. The van der Waals surface area contributed by atoms with Gasteiger partial charge in [-0.1, -0.05) is 30.3 Å².